The molecule has 0 saturated carbocycles. The Kier molecular flexibility index (Phi) is 5.37. The van der Waals surface area contributed by atoms with Crippen LogP contribution in [0.1, 0.15) is 16.8 Å². The monoisotopic (exact) mass is 295 g/mol. The third-order valence-corrected chi connectivity index (χ3v) is 4.16. The van der Waals surface area contributed by atoms with Gasteiger partial charge in [-0.1, -0.05) is 6.08 Å². The number of carboxylic acid groups (broad SMARTS) is 1. The van der Waals surface area contributed by atoms with E-state index < -0.39 is 16.0 Å². The summed E-state index contributed by atoms with van der Waals surface area (Å²) in [6.45, 7) is 3.46. The molecule has 0 amide bonds. The molecule has 106 valence electrons. The number of nitriles is 1. The van der Waals surface area contributed by atoms with Gasteiger partial charge in [-0.05, 0) is 12.1 Å². The molecule has 0 bridgehead atoms. The van der Waals surface area contributed by atoms with Gasteiger partial charge >= 0.3 is 5.97 Å². The number of aromatic nitrogens is 1. The highest BCUT2D eigenvalue weighted by Gasteiger charge is 2.25. The summed E-state index contributed by atoms with van der Waals surface area (Å²) < 4.78 is 25.7. The smallest absolute Gasteiger partial charge is 0.335 e. The average Bonchev–Trinajstić information content (AvgIpc) is 2.43. The normalized spacial score (nSPS) is 11.0. The molecule has 0 aromatic carbocycles. The van der Waals surface area contributed by atoms with Gasteiger partial charge in [-0.3, -0.25) is 0 Å². The molecule has 0 radical (unpaired) electrons. The van der Waals surface area contributed by atoms with Crippen molar-refractivity contribution >= 4 is 16.0 Å². The van der Waals surface area contributed by atoms with Crippen LogP contribution in [0.25, 0.3) is 0 Å². The van der Waals surface area contributed by atoms with Gasteiger partial charge in [0.05, 0.1) is 11.6 Å². The number of sulfonamides is 1. The minimum absolute atomic E-state index is 0.0101. The molecule has 0 atom stereocenters. The van der Waals surface area contributed by atoms with E-state index in [-0.39, 0.29) is 30.1 Å². The van der Waals surface area contributed by atoms with E-state index >= 15 is 0 Å². The Balaban J connectivity index is 3.18. The summed E-state index contributed by atoms with van der Waals surface area (Å²) in [6, 6.07) is 4.04. The zero-order chi connectivity index (χ0) is 15.2. The van der Waals surface area contributed by atoms with Crippen LogP contribution in [0.2, 0.25) is 0 Å². The summed E-state index contributed by atoms with van der Waals surface area (Å²) in [6.07, 6.45) is 2.52. The lowest BCUT2D eigenvalue weighted by Crippen LogP contribution is -2.32. The predicted molar refractivity (Wildman–Crippen MR) is 70.4 cm³/mol. The van der Waals surface area contributed by atoms with E-state index in [0.29, 0.717) is 0 Å². The van der Waals surface area contributed by atoms with E-state index in [9.17, 15) is 13.2 Å². The molecular formula is C12H13N3O4S. The number of carbonyl (C=O) groups is 1. The predicted octanol–water partition coefficient (Wildman–Crippen LogP) is 0.870. The first kappa shape index (κ1) is 15.8. The zero-order valence-electron chi connectivity index (χ0n) is 10.6. The molecule has 0 aliphatic carbocycles. The van der Waals surface area contributed by atoms with Gasteiger partial charge in [-0.25, -0.2) is 18.2 Å². The van der Waals surface area contributed by atoms with E-state index in [1.54, 1.807) is 0 Å². The van der Waals surface area contributed by atoms with E-state index in [0.717, 1.165) is 16.6 Å². The van der Waals surface area contributed by atoms with E-state index in [1.807, 2.05) is 6.07 Å². The van der Waals surface area contributed by atoms with Gasteiger partial charge in [0.25, 0.3) is 10.0 Å². The molecule has 1 N–H and O–H groups in total. The Hall–Kier alpha value is -2.24. The SMILES string of the molecule is C=CCN(CCC#N)S(=O)(=O)c1cc(C(=O)O)ccn1. The van der Waals surface area contributed by atoms with Crippen molar-refractivity contribution in [2.75, 3.05) is 13.1 Å². The molecule has 1 rings (SSSR count). The second-order valence-corrected chi connectivity index (χ2v) is 5.63. The molecule has 0 unspecified atom stereocenters. The van der Waals surface area contributed by atoms with Gasteiger partial charge in [0.15, 0.2) is 5.03 Å². The summed E-state index contributed by atoms with van der Waals surface area (Å²) in [5.74, 6) is -1.24. The topological polar surface area (TPSA) is 111 Å². The minimum atomic E-state index is -3.95. The van der Waals surface area contributed by atoms with Gasteiger partial charge in [0.1, 0.15) is 0 Å². The van der Waals surface area contributed by atoms with Crippen LogP contribution in [-0.2, 0) is 10.0 Å². The Bertz CT molecular complexity index is 649. The van der Waals surface area contributed by atoms with Crippen LogP contribution in [-0.4, -0.2) is 41.9 Å². The van der Waals surface area contributed by atoms with Crippen LogP contribution >= 0.6 is 0 Å². The first-order valence-corrected chi connectivity index (χ1v) is 7.05. The summed E-state index contributed by atoms with van der Waals surface area (Å²) >= 11 is 0. The lowest BCUT2D eigenvalue weighted by Gasteiger charge is -2.18. The number of hydrogen-bond donors (Lipinski definition) is 1. The van der Waals surface area contributed by atoms with Crippen molar-refractivity contribution in [1.82, 2.24) is 9.29 Å². The van der Waals surface area contributed by atoms with E-state index in [1.165, 1.54) is 12.1 Å². The highest BCUT2D eigenvalue weighted by molar-refractivity contribution is 7.89. The lowest BCUT2D eigenvalue weighted by atomic mass is 10.3. The fraction of sp³-hybridized carbons (Fsp3) is 0.250. The van der Waals surface area contributed by atoms with Crippen molar-refractivity contribution in [1.29, 1.82) is 5.26 Å². The Morgan fingerprint density at radius 1 is 1.60 bits per heavy atom. The summed E-state index contributed by atoms with van der Waals surface area (Å²) in [5, 5.41) is 17.0. The third-order valence-electron chi connectivity index (χ3n) is 2.39. The van der Waals surface area contributed by atoms with Gasteiger partial charge < -0.3 is 5.11 Å². The summed E-state index contributed by atoms with van der Waals surface area (Å²) in [7, 11) is -3.95. The molecule has 20 heavy (non-hydrogen) atoms. The van der Waals surface area contributed by atoms with Crippen LogP contribution in [0.3, 0.4) is 0 Å². The molecular weight excluding hydrogens is 282 g/mol. The van der Waals surface area contributed by atoms with Crippen molar-refractivity contribution in [3.63, 3.8) is 0 Å². The van der Waals surface area contributed by atoms with Gasteiger partial charge in [0.2, 0.25) is 0 Å². The van der Waals surface area contributed by atoms with Crippen molar-refractivity contribution in [3.05, 3.63) is 36.5 Å². The van der Waals surface area contributed by atoms with Gasteiger partial charge in [-0.2, -0.15) is 9.57 Å². The van der Waals surface area contributed by atoms with Gasteiger partial charge in [0, 0.05) is 25.7 Å². The minimum Gasteiger partial charge on any atom is -0.478 e. The standard InChI is InChI=1S/C12H13N3O4S/c1-2-7-15(8-3-5-13)20(18,19)11-9-10(12(16)17)4-6-14-11/h2,4,6,9H,1,3,7-8H2,(H,16,17). The summed E-state index contributed by atoms with van der Waals surface area (Å²) in [4.78, 5) is 14.5. The number of carboxylic acids is 1. The second-order valence-electron chi connectivity index (χ2n) is 3.75. The molecule has 1 heterocycles. The Morgan fingerprint density at radius 3 is 2.85 bits per heavy atom. The molecule has 0 spiro atoms. The van der Waals surface area contributed by atoms with Crippen LogP contribution in [0.4, 0.5) is 0 Å². The van der Waals surface area contributed by atoms with Crippen LogP contribution in [0.5, 0.6) is 0 Å². The van der Waals surface area contributed by atoms with Crippen molar-refractivity contribution in [2.24, 2.45) is 0 Å². The van der Waals surface area contributed by atoms with E-state index in [4.69, 9.17) is 10.4 Å². The number of pyridine rings is 1. The molecule has 0 fully saturated rings. The maximum absolute atomic E-state index is 12.3. The number of rotatable bonds is 7. The van der Waals surface area contributed by atoms with Crippen LogP contribution < -0.4 is 0 Å². The highest BCUT2D eigenvalue weighted by Crippen LogP contribution is 2.15. The first-order chi connectivity index (χ1) is 9.43. The van der Waals surface area contributed by atoms with Gasteiger partial charge in [-0.15, -0.1) is 6.58 Å². The molecule has 1 aromatic rings. The molecule has 8 heteroatoms. The van der Waals surface area contributed by atoms with Crippen molar-refractivity contribution < 1.29 is 18.3 Å². The number of nitrogens with zero attached hydrogens (tertiary/aromatic N) is 3. The average molecular weight is 295 g/mol. The highest BCUT2D eigenvalue weighted by atomic mass is 32.2. The second kappa shape index (κ2) is 6.79. The largest absolute Gasteiger partial charge is 0.478 e. The summed E-state index contributed by atoms with van der Waals surface area (Å²) in [5.41, 5.74) is -0.169. The molecule has 0 aliphatic rings. The van der Waals surface area contributed by atoms with Crippen LogP contribution in [0, 0.1) is 11.3 Å². The number of aromatic carboxylic acids is 1. The van der Waals surface area contributed by atoms with Crippen LogP contribution in [0.15, 0.2) is 36.0 Å². The zero-order valence-corrected chi connectivity index (χ0v) is 11.4. The Morgan fingerprint density at radius 2 is 2.30 bits per heavy atom. The molecule has 0 saturated heterocycles. The van der Waals surface area contributed by atoms with E-state index in [2.05, 4.69) is 11.6 Å². The van der Waals surface area contributed by atoms with Crippen molar-refractivity contribution in [3.8, 4) is 6.07 Å². The maximum Gasteiger partial charge on any atom is 0.335 e. The maximum atomic E-state index is 12.3. The lowest BCUT2D eigenvalue weighted by molar-refractivity contribution is 0.0696. The third kappa shape index (κ3) is 3.63. The first-order valence-electron chi connectivity index (χ1n) is 5.61. The Labute approximate surface area is 116 Å². The number of hydrogen-bond acceptors (Lipinski definition) is 5. The molecule has 0 aliphatic heterocycles. The quantitative estimate of drug-likeness (QED) is 0.747. The van der Waals surface area contributed by atoms with Crippen molar-refractivity contribution in [2.45, 2.75) is 11.4 Å². The fourth-order valence-corrected chi connectivity index (χ4v) is 2.81. The fourth-order valence-electron chi connectivity index (χ4n) is 1.44. The molecule has 1 aromatic heterocycles. The molecule has 7 nitrogen and oxygen atoms in total.